The third-order valence-electron chi connectivity index (χ3n) is 4.40. The Morgan fingerprint density at radius 3 is 2.64 bits per heavy atom. The first-order chi connectivity index (χ1) is 10.6. The number of allylic oxidation sites excluding steroid dienone is 1. The van der Waals surface area contributed by atoms with Crippen LogP contribution >= 0.6 is 0 Å². The van der Waals surface area contributed by atoms with E-state index in [1.165, 1.54) is 37.7 Å². The van der Waals surface area contributed by atoms with E-state index in [-0.39, 0.29) is 6.03 Å². The molecule has 1 saturated carbocycles. The van der Waals surface area contributed by atoms with Crippen LogP contribution in [-0.4, -0.2) is 6.03 Å². The molecule has 0 spiro atoms. The van der Waals surface area contributed by atoms with Gasteiger partial charge in [-0.05, 0) is 42.7 Å². The van der Waals surface area contributed by atoms with Crippen LogP contribution in [0.4, 0.5) is 10.5 Å². The number of carbonyl (C=O) groups is 1. The summed E-state index contributed by atoms with van der Waals surface area (Å²) >= 11 is 0. The largest absolute Gasteiger partial charge is 0.323 e. The summed E-state index contributed by atoms with van der Waals surface area (Å²) in [6.07, 6.45) is 10.4. The summed E-state index contributed by atoms with van der Waals surface area (Å²) in [6, 6.07) is 5.98. The lowest BCUT2D eigenvalue weighted by Crippen LogP contribution is -2.25. The molecule has 0 atom stereocenters. The lowest BCUT2D eigenvalue weighted by atomic mass is 9.89. The van der Waals surface area contributed by atoms with E-state index in [0.717, 1.165) is 11.3 Å². The van der Waals surface area contributed by atoms with Gasteiger partial charge >= 0.3 is 6.03 Å². The number of anilines is 1. The van der Waals surface area contributed by atoms with Gasteiger partial charge in [-0.15, -0.1) is 0 Å². The van der Waals surface area contributed by atoms with Crippen LogP contribution in [0, 0.1) is 12.8 Å². The maximum absolute atomic E-state index is 12.1. The number of urea groups is 1. The van der Waals surface area contributed by atoms with Crippen molar-refractivity contribution in [2.75, 3.05) is 5.32 Å². The van der Waals surface area contributed by atoms with Crippen molar-refractivity contribution in [2.45, 2.75) is 58.8 Å². The van der Waals surface area contributed by atoms with Gasteiger partial charge in [0.05, 0.1) is 0 Å². The third-order valence-corrected chi connectivity index (χ3v) is 4.40. The zero-order chi connectivity index (χ0) is 15.9. The van der Waals surface area contributed by atoms with Gasteiger partial charge < -0.3 is 10.6 Å². The number of para-hydroxylation sites is 1. The molecule has 22 heavy (non-hydrogen) atoms. The van der Waals surface area contributed by atoms with Crippen LogP contribution in [0.2, 0.25) is 0 Å². The lowest BCUT2D eigenvalue weighted by Gasteiger charge is -2.18. The highest BCUT2D eigenvalue weighted by Gasteiger charge is 2.12. The fourth-order valence-electron chi connectivity index (χ4n) is 3.08. The molecule has 0 aliphatic heterocycles. The second-order valence-corrected chi connectivity index (χ2v) is 6.55. The molecule has 0 radical (unpaired) electrons. The first-order valence-corrected chi connectivity index (χ1v) is 8.41. The van der Waals surface area contributed by atoms with Crippen molar-refractivity contribution in [3.63, 3.8) is 0 Å². The van der Waals surface area contributed by atoms with Gasteiger partial charge in [-0.1, -0.05) is 57.4 Å². The summed E-state index contributed by atoms with van der Waals surface area (Å²) in [5.41, 5.74) is 3.20. The van der Waals surface area contributed by atoms with E-state index >= 15 is 0 Å². The molecule has 120 valence electrons. The molecule has 0 aromatic heterocycles. The lowest BCUT2D eigenvalue weighted by molar-refractivity contribution is 0.255. The van der Waals surface area contributed by atoms with E-state index in [1.54, 1.807) is 6.20 Å². The van der Waals surface area contributed by atoms with E-state index in [9.17, 15) is 4.79 Å². The Morgan fingerprint density at radius 2 is 1.95 bits per heavy atom. The predicted molar refractivity (Wildman–Crippen MR) is 93.1 cm³/mol. The SMILES string of the molecule is Cc1cccc(C(C)C)c1NC(=O)N/C=C/C1CCCCC1. The van der Waals surface area contributed by atoms with Crippen LogP contribution in [0.3, 0.4) is 0 Å². The van der Waals surface area contributed by atoms with Gasteiger partial charge in [0.25, 0.3) is 0 Å². The Balaban J connectivity index is 1.93. The monoisotopic (exact) mass is 300 g/mol. The first-order valence-electron chi connectivity index (χ1n) is 8.41. The molecule has 0 saturated heterocycles. The van der Waals surface area contributed by atoms with Crippen molar-refractivity contribution >= 4 is 11.7 Å². The van der Waals surface area contributed by atoms with Crippen molar-refractivity contribution < 1.29 is 4.79 Å². The molecule has 1 aliphatic rings. The maximum atomic E-state index is 12.1. The Labute approximate surface area is 134 Å². The highest BCUT2D eigenvalue weighted by atomic mass is 16.2. The second kappa shape index (κ2) is 8.02. The Morgan fingerprint density at radius 1 is 1.23 bits per heavy atom. The summed E-state index contributed by atoms with van der Waals surface area (Å²) in [5, 5.41) is 5.84. The molecule has 1 aromatic carbocycles. The zero-order valence-electron chi connectivity index (χ0n) is 14.0. The topological polar surface area (TPSA) is 41.1 Å². The van der Waals surface area contributed by atoms with Gasteiger partial charge in [-0.3, -0.25) is 0 Å². The fourth-order valence-corrected chi connectivity index (χ4v) is 3.08. The average Bonchev–Trinajstić information content (AvgIpc) is 2.50. The van der Waals surface area contributed by atoms with Gasteiger partial charge in [0, 0.05) is 11.9 Å². The van der Waals surface area contributed by atoms with Crippen LogP contribution < -0.4 is 10.6 Å². The Hall–Kier alpha value is -1.77. The molecular formula is C19H28N2O. The van der Waals surface area contributed by atoms with Gasteiger partial charge in [-0.2, -0.15) is 0 Å². The number of rotatable bonds is 4. The average molecular weight is 300 g/mol. The van der Waals surface area contributed by atoms with Crippen molar-refractivity contribution in [1.82, 2.24) is 5.32 Å². The zero-order valence-corrected chi connectivity index (χ0v) is 14.0. The molecule has 2 amide bonds. The molecule has 2 rings (SSSR count). The molecule has 1 aliphatic carbocycles. The highest BCUT2D eigenvalue weighted by molar-refractivity contribution is 5.91. The second-order valence-electron chi connectivity index (χ2n) is 6.55. The summed E-state index contributed by atoms with van der Waals surface area (Å²) in [5.74, 6) is 1.01. The van der Waals surface area contributed by atoms with Gasteiger partial charge in [-0.25, -0.2) is 4.79 Å². The molecule has 3 heteroatoms. The molecule has 1 aromatic rings. The number of hydrogen-bond donors (Lipinski definition) is 2. The van der Waals surface area contributed by atoms with E-state index in [1.807, 2.05) is 19.1 Å². The summed E-state index contributed by atoms with van der Waals surface area (Å²) in [6.45, 7) is 6.31. The third kappa shape index (κ3) is 4.62. The van der Waals surface area contributed by atoms with E-state index in [0.29, 0.717) is 11.8 Å². The number of nitrogens with one attached hydrogen (secondary N) is 2. The minimum absolute atomic E-state index is 0.164. The van der Waals surface area contributed by atoms with Crippen molar-refractivity contribution in [3.8, 4) is 0 Å². The van der Waals surface area contributed by atoms with Gasteiger partial charge in [0.15, 0.2) is 0 Å². The Bertz CT molecular complexity index is 528. The molecule has 0 unspecified atom stereocenters. The quantitative estimate of drug-likeness (QED) is 0.775. The molecule has 1 fully saturated rings. The highest BCUT2D eigenvalue weighted by Crippen LogP contribution is 2.27. The summed E-state index contributed by atoms with van der Waals surface area (Å²) in [7, 11) is 0. The standard InChI is InChI=1S/C19H28N2O/c1-14(2)17-11-7-8-15(3)18(17)21-19(22)20-13-12-16-9-5-4-6-10-16/h7-8,11-14,16H,4-6,9-10H2,1-3H3,(H2,20,21,22)/b13-12+. The summed E-state index contributed by atoms with van der Waals surface area (Å²) < 4.78 is 0. The molecule has 0 bridgehead atoms. The van der Waals surface area contributed by atoms with Gasteiger partial charge in [0.2, 0.25) is 0 Å². The normalized spacial score (nSPS) is 16.2. The molecule has 0 heterocycles. The van der Waals surface area contributed by atoms with Crippen LogP contribution in [0.1, 0.15) is 63.0 Å². The number of aryl methyl sites for hydroxylation is 1. The minimum atomic E-state index is -0.164. The number of carbonyl (C=O) groups excluding carboxylic acids is 1. The molecule has 3 nitrogen and oxygen atoms in total. The van der Waals surface area contributed by atoms with E-state index in [4.69, 9.17) is 0 Å². The minimum Gasteiger partial charge on any atom is -0.315 e. The fraction of sp³-hybridized carbons (Fsp3) is 0.526. The number of amides is 2. The maximum Gasteiger partial charge on any atom is 0.323 e. The van der Waals surface area contributed by atoms with Crippen molar-refractivity contribution in [3.05, 3.63) is 41.6 Å². The molecular weight excluding hydrogens is 272 g/mol. The van der Waals surface area contributed by atoms with E-state index in [2.05, 4.69) is 36.6 Å². The molecule has 2 N–H and O–H groups in total. The van der Waals surface area contributed by atoms with E-state index < -0.39 is 0 Å². The van der Waals surface area contributed by atoms with Crippen LogP contribution in [0.25, 0.3) is 0 Å². The van der Waals surface area contributed by atoms with Crippen LogP contribution in [-0.2, 0) is 0 Å². The smallest absolute Gasteiger partial charge is 0.315 e. The first kappa shape index (κ1) is 16.6. The predicted octanol–water partition coefficient (Wildman–Crippen LogP) is 5.33. The van der Waals surface area contributed by atoms with Crippen LogP contribution in [0.5, 0.6) is 0 Å². The Kier molecular flexibility index (Phi) is 6.05. The number of benzene rings is 1. The van der Waals surface area contributed by atoms with Crippen molar-refractivity contribution in [2.24, 2.45) is 5.92 Å². The van der Waals surface area contributed by atoms with Crippen molar-refractivity contribution in [1.29, 1.82) is 0 Å². The number of hydrogen-bond acceptors (Lipinski definition) is 1. The van der Waals surface area contributed by atoms with Gasteiger partial charge in [0.1, 0.15) is 0 Å². The van der Waals surface area contributed by atoms with Crippen LogP contribution in [0.15, 0.2) is 30.5 Å². The summed E-state index contributed by atoms with van der Waals surface area (Å²) in [4.78, 5) is 12.1.